The second-order valence-corrected chi connectivity index (χ2v) is 7.65. The van der Waals surface area contributed by atoms with Gasteiger partial charge in [0.05, 0.1) is 10.9 Å². The molecule has 1 aliphatic carbocycles. The van der Waals surface area contributed by atoms with E-state index >= 15 is 0 Å². The van der Waals surface area contributed by atoms with Crippen molar-refractivity contribution in [1.82, 2.24) is 25.4 Å². The van der Waals surface area contributed by atoms with E-state index in [9.17, 15) is 4.79 Å². The summed E-state index contributed by atoms with van der Waals surface area (Å²) in [5, 5.41) is 22.4. The van der Waals surface area contributed by atoms with Crippen LogP contribution in [-0.2, 0) is 0 Å². The monoisotopic (exact) mass is 397 g/mol. The molecule has 0 atom stereocenters. The number of aromatic nitrogens is 5. The largest absolute Gasteiger partial charge is 0.340 e. The van der Waals surface area contributed by atoms with Crippen LogP contribution in [0, 0.1) is 0 Å². The Hall–Kier alpha value is -4.07. The van der Waals surface area contributed by atoms with Gasteiger partial charge < -0.3 is 10.6 Å². The zero-order chi connectivity index (χ0) is 20.1. The molecule has 148 valence electrons. The van der Waals surface area contributed by atoms with Crippen molar-refractivity contribution in [2.75, 3.05) is 10.6 Å². The van der Waals surface area contributed by atoms with E-state index in [0.717, 1.165) is 33.6 Å². The van der Waals surface area contributed by atoms with E-state index < -0.39 is 0 Å². The number of hydrogen-bond donors (Lipinski definition) is 5. The second kappa shape index (κ2) is 6.48. The van der Waals surface area contributed by atoms with Crippen LogP contribution in [0.15, 0.2) is 59.4 Å². The number of hydrogen-bond acceptors (Lipinski definition) is 5. The normalized spacial score (nSPS) is 13.7. The van der Waals surface area contributed by atoms with Crippen molar-refractivity contribution < 1.29 is 0 Å². The standard InChI is InChI=1S/C22H19N7O/c30-22-16-8-7-14(10-18(16)27-29-22)23-19-9-13-3-1-2-4-15(13)21(24-19)25-20-11-17(26-28-20)12-5-6-12/h1-4,7-12H,5-6H2,(H2,27,29,30)(H3,23,24,25,26,28). The lowest BCUT2D eigenvalue weighted by Crippen LogP contribution is -2.00. The van der Waals surface area contributed by atoms with Crippen molar-refractivity contribution >= 4 is 44.8 Å². The minimum atomic E-state index is -0.128. The van der Waals surface area contributed by atoms with Gasteiger partial charge in [0.15, 0.2) is 5.82 Å². The third kappa shape index (κ3) is 2.98. The number of pyridine rings is 1. The van der Waals surface area contributed by atoms with Gasteiger partial charge in [-0.05, 0) is 42.5 Å². The smallest absolute Gasteiger partial charge is 0.271 e. The molecule has 8 nitrogen and oxygen atoms in total. The lowest BCUT2D eigenvalue weighted by Gasteiger charge is -2.12. The summed E-state index contributed by atoms with van der Waals surface area (Å²) in [5.41, 5.74) is 2.62. The van der Waals surface area contributed by atoms with Gasteiger partial charge in [0.25, 0.3) is 5.56 Å². The molecule has 0 bridgehead atoms. The Kier molecular flexibility index (Phi) is 3.64. The maximum absolute atomic E-state index is 11.7. The summed E-state index contributed by atoms with van der Waals surface area (Å²) >= 11 is 0. The highest BCUT2D eigenvalue weighted by Crippen LogP contribution is 2.40. The maximum Gasteiger partial charge on any atom is 0.271 e. The van der Waals surface area contributed by atoms with E-state index in [0.29, 0.717) is 17.1 Å². The zero-order valence-electron chi connectivity index (χ0n) is 16.0. The zero-order valence-corrected chi connectivity index (χ0v) is 16.0. The van der Waals surface area contributed by atoms with Crippen LogP contribution >= 0.6 is 0 Å². The SMILES string of the molecule is O=c1[nH][nH]c2cc(Nc3cc4ccccc4c(Nc4cc(C5CC5)[nH]n4)n3)ccc12. The molecular formula is C22H19N7O. The molecule has 0 spiro atoms. The summed E-state index contributed by atoms with van der Waals surface area (Å²) in [4.78, 5) is 16.5. The van der Waals surface area contributed by atoms with E-state index in [1.54, 1.807) is 6.07 Å². The van der Waals surface area contributed by atoms with Crippen LogP contribution < -0.4 is 16.2 Å². The first-order chi connectivity index (χ1) is 14.7. The first-order valence-corrected chi connectivity index (χ1v) is 9.92. The first-order valence-electron chi connectivity index (χ1n) is 9.92. The van der Waals surface area contributed by atoms with E-state index in [-0.39, 0.29) is 5.56 Å². The number of anilines is 4. The molecule has 0 unspecified atom stereocenters. The van der Waals surface area contributed by atoms with Crippen molar-refractivity contribution in [1.29, 1.82) is 0 Å². The molecule has 0 saturated heterocycles. The predicted molar refractivity (Wildman–Crippen MR) is 118 cm³/mol. The Morgan fingerprint density at radius 1 is 0.900 bits per heavy atom. The van der Waals surface area contributed by atoms with Crippen molar-refractivity contribution in [2.45, 2.75) is 18.8 Å². The molecule has 1 saturated carbocycles. The minimum Gasteiger partial charge on any atom is -0.340 e. The number of nitrogens with one attached hydrogen (secondary N) is 5. The van der Waals surface area contributed by atoms with E-state index in [4.69, 9.17) is 4.98 Å². The van der Waals surface area contributed by atoms with Crippen LogP contribution in [0.4, 0.5) is 23.1 Å². The molecule has 0 amide bonds. The molecular weight excluding hydrogens is 378 g/mol. The molecule has 5 aromatic rings. The van der Waals surface area contributed by atoms with Crippen molar-refractivity contribution in [3.8, 4) is 0 Å². The van der Waals surface area contributed by atoms with Gasteiger partial charge in [-0.15, -0.1) is 0 Å². The molecule has 1 aliphatic rings. The van der Waals surface area contributed by atoms with Gasteiger partial charge in [-0.3, -0.25) is 20.1 Å². The molecule has 0 aliphatic heterocycles. The first kappa shape index (κ1) is 16.8. The summed E-state index contributed by atoms with van der Waals surface area (Å²) in [7, 11) is 0. The Labute approximate surface area is 170 Å². The van der Waals surface area contributed by atoms with Gasteiger partial charge in [-0.1, -0.05) is 24.3 Å². The maximum atomic E-state index is 11.7. The summed E-state index contributed by atoms with van der Waals surface area (Å²) < 4.78 is 0. The fraction of sp³-hybridized carbons (Fsp3) is 0.136. The third-order valence-electron chi connectivity index (χ3n) is 5.45. The van der Waals surface area contributed by atoms with Crippen molar-refractivity contribution in [3.05, 3.63) is 70.6 Å². The van der Waals surface area contributed by atoms with Gasteiger partial charge in [-0.25, -0.2) is 4.98 Å². The van der Waals surface area contributed by atoms with Gasteiger partial charge in [-0.2, -0.15) is 5.10 Å². The Balaban J connectivity index is 1.37. The van der Waals surface area contributed by atoms with Gasteiger partial charge in [0, 0.05) is 28.8 Å². The van der Waals surface area contributed by atoms with Gasteiger partial charge >= 0.3 is 0 Å². The number of nitrogens with zero attached hydrogens (tertiary/aromatic N) is 2. The summed E-state index contributed by atoms with van der Waals surface area (Å²) in [6.45, 7) is 0. The van der Waals surface area contributed by atoms with Gasteiger partial charge in [0.2, 0.25) is 0 Å². The molecule has 1 fully saturated rings. The third-order valence-corrected chi connectivity index (χ3v) is 5.45. The predicted octanol–water partition coefficient (Wildman–Crippen LogP) is 4.49. The van der Waals surface area contributed by atoms with Crippen LogP contribution in [-0.4, -0.2) is 25.4 Å². The van der Waals surface area contributed by atoms with E-state index in [1.807, 2.05) is 36.4 Å². The van der Waals surface area contributed by atoms with Gasteiger partial charge in [0.1, 0.15) is 11.6 Å². The summed E-state index contributed by atoms with van der Waals surface area (Å²) in [6.07, 6.45) is 2.44. The number of fused-ring (bicyclic) bond motifs is 2. The Morgan fingerprint density at radius 3 is 2.70 bits per heavy atom. The average Bonchev–Trinajstić information content (AvgIpc) is 3.40. The van der Waals surface area contributed by atoms with Crippen molar-refractivity contribution in [2.24, 2.45) is 0 Å². The van der Waals surface area contributed by atoms with Crippen LogP contribution in [0.3, 0.4) is 0 Å². The highest BCUT2D eigenvalue weighted by atomic mass is 16.1. The van der Waals surface area contributed by atoms with Crippen LogP contribution in [0.1, 0.15) is 24.5 Å². The molecule has 30 heavy (non-hydrogen) atoms. The summed E-state index contributed by atoms with van der Waals surface area (Å²) in [5.74, 6) is 2.81. The minimum absolute atomic E-state index is 0.128. The molecule has 3 aromatic heterocycles. The fourth-order valence-electron chi connectivity index (χ4n) is 3.75. The Bertz CT molecular complexity index is 1440. The topological polar surface area (TPSA) is 114 Å². The summed E-state index contributed by atoms with van der Waals surface area (Å²) in [6, 6.07) is 17.7. The second-order valence-electron chi connectivity index (χ2n) is 7.65. The number of rotatable bonds is 5. The van der Waals surface area contributed by atoms with Crippen LogP contribution in [0.2, 0.25) is 0 Å². The molecule has 5 N–H and O–H groups in total. The van der Waals surface area contributed by atoms with Crippen LogP contribution in [0.5, 0.6) is 0 Å². The molecule has 8 heteroatoms. The Morgan fingerprint density at radius 2 is 1.80 bits per heavy atom. The highest BCUT2D eigenvalue weighted by molar-refractivity contribution is 5.95. The molecule has 6 rings (SSSR count). The lowest BCUT2D eigenvalue weighted by atomic mass is 10.1. The van der Waals surface area contributed by atoms with E-state index in [1.165, 1.54) is 18.5 Å². The molecule has 2 aromatic carbocycles. The van der Waals surface area contributed by atoms with Crippen molar-refractivity contribution in [3.63, 3.8) is 0 Å². The average molecular weight is 397 g/mol. The molecule has 0 radical (unpaired) electrons. The quantitative estimate of drug-likeness (QED) is 0.300. The highest BCUT2D eigenvalue weighted by Gasteiger charge is 2.25. The number of aromatic amines is 3. The number of H-pyrrole nitrogens is 3. The lowest BCUT2D eigenvalue weighted by molar-refractivity contribution is 0.966. The van der Waals surface area contributed by atoms with Crippen LogP contribution in [0.25, 0.3) is 21.7 Å². The molecule has 3 heterocycles. The number of benzene rings is 2. The van der Waals surface area contributed by atoms with E-state index in [2.05, 4.69) is 43.2 Å². The fourth-order valence-corrected chi connectivity index (χ4v) is 3.75.